The lowest BCUT2D eigenvalue weighted by Gasteiger charge is -2.24. The molecule has 1 aliphatic heterocycles. The molecule has 1 aliphatic rings. The van der Waals surface area contributed by atoms with Crippen LogP contribution in [0.1, 0.15) is 26.0 Å². The van der Waals surface area contributed by atoms with E-state index in [1.165, 1.54) is 0 Å². The van der Waals surface area contributed by atoms with Crippen molar-refractivity contribution >= 4 is 17.4 Å². The first-order chi connectivity index (χ1) is 7.17. The van der Waals surface area contributed by atoms with Crippen LogP contribution in [0.15, 0.2) is 0 Å². The highest BCUT2D eigenvalue weighted by Crippen LogP contribution is 2.30. The summed E-state index contributed by atoms with van der Waals surface area (Å²) in [4.78, 5) is 11.7. The van der Waals surface area contributed by atoms with Crippen molar-refractivity contribution < 1.29 is 4.79 Å². The number of aryl methyl sites for hydroxylation is 2. The van der Waals surface area contributed by atoms with Gasteiger partial charge < -0.3 is 10.6 Å². The van der Waals surface area contributed by atoms with E-state index in [2.05, 4.69) is 15.7 Å². The third-order valence-electron chi connectivity index (χ3n) is 2.74. The molecule has 0 fully saturated rings. The number of rotatable bonds is 2. The average Bonchev–Trinajstić information content (AvgIpc) is 2.54. The Bertz CT molecular complexity index is 396. The summed E-state index contributed by atoms with van der Waals surface area (Å²) in [5.74, 6) is 0.950. The number of aromatic nitrogens is 2. The van der Waals surface area contributed by atoms with Crippen LogP contribution in [0.3, 0.4) is 0 Å². The Labute approximate surface area is 88.8 Å². The van der Waals surface area contributed by atoms with Gasteiger partial charge in [0.05, 0.1) is 5.69 Å². The van der Waals surface area contributed by atoms with Gasteiger partial charge in [0.1, 0.15) is 17.5 Å². The monoisotopic (exact) mass is 208 g/mol. The Morgan fingerprint density at radius 3 is 2.80 bits per heavy atom. The maximum absolute atomic E-state index is 11.7. The van der Waals surface area contributed by atoms with Crippen molar-refractivity contribution in [1.29, 1.82) is 0 Å². The Morgan fingerprint density at radius 1 is 1.47 bits per heavy atom. The highest BCUT2D eigenvalue weighted by Gasteiger charge is 2.28. The van der Waals surface area contributed by atoms with Crippen molar-refractivity contribution in [2.45, 2.75) is 32.7 Å². The minimum atomic E-state index is -0.141. The molecule has 0 radical (unpaired) electrons. The van der Waals surface area contributed by atoms with Crippen LogP contribution in [0.2, 0.25) is 0 Å². The number of hydrogen-bond donors (Lipinski definition) is 2. The number of nitrogens with one attached hydrogen (secondary N) is 2. The highest BCUT2D eigenvalue weighted by atomic mass is 16.2. The topological polar surface area (TPSA) is 59.0 Å². The number of hydrogen-bond acceptors (Lipinski definition) is 3. The minimum absolute atomic E-state index is 0.0349. The van der Waals surface area contributed by atoms with Crippen molar-refractivity contribution in [2.75, 3.05) is 10.6 Å². The average molecular weight is 208 g/mol. The summed E-state index contributed by atoms with van der Waals surface area (Å²) >= 11 is 0. The number of anilines is 2. The molecule has 0 saturated heterocycles. The molecule has 0 aliphatic carbocycles. The van der Waals surface area contributed by atoms with Gasteiger partial charge in [0.2, 0.25) is 5.91 Å². The normalized spacial score (nSPS) is 19.4. The van der Waals surface area contributed by atoms with Crippen molar-refractivity contribution in [3.8, 4) is 0 Å². The SMILES string of the molecule is CCc1nn(C)c2c1NC(=O)C(CC)N2. The fourth-order valence-electron chi connectivity index (χ4n) is 1.85. The first-order valence-electron chi connectivity index (χ1n) is 5.30. The molecule has 1 unspecified atom stereocenters. The van der Waals surface area contributed by atoms with Crippen LogP contribution in [0.4, 0.5) is 11.5 Å². The molecule has 82 valence electrons. The number of carbonyl (C=O) groups excluding carboxylic acids is 1. The molecule has 0 aromatic carbocycles. The number of nitrogens with zero attached hydrogens (tertiary/aromatic N) is 2. The Hall–Kier alpha value is -1.52. The molecule has 2 heterocycles. The van der Waals surface area contributed by atoms with Crippen LogP contribution >= 0.6 is 0 Å². The summed E-state index contributed by atoms with van der Waals surface area (Å²) in [5.41, 5.74) is 1.78. The fraction of sp³-hybridized carbons (Fsp3) is 0.600. The van der Waals surface area contributed by atoms with Crippen molar-refractivity contribution in [2.24, 2.45) is 7.05 Å². The number of fused-ring (bicyclic) bond motifs is 1. The third-order valence-corrected chi connectivity index (χ3v) is 2.74. The second kappa shape index (κ2) is 3.56. The van der Waals surface area contributed by atoms with E-state index in [1.54, 1.807) is 4.68 Å². The molecule has 1 amide bonds. The van der Waals surface area contributed by atoms with Gasteiger partial charge >= 0.3 is 0 Å². The van der Waals surface area contributed by atoms with Crippen molar-refractivity contribution in [3.05, 3.63) is 5.69 Å². The molecular weight excluding hydrogens is 192 g/mol. The Morgan fingerprint density at radius 2 is 2.20 bits per heavy atom. The molecule has 15 heavy (non-hydrogen) atoms. The zero-order valence-corrected chi connectivity index (χ0v) is 9.29. The summed E-state index contributed by atoms with van der Waals surface area (Å²) in [7, 11) is 1.88. The van der Waals surface area contributed by atoms with Crippen LogP contribution in [-0.4, -0.2) is 21.7 Å². The number of carbonyl (C=O) groups is 1. The van der Waals surface area contributed by atoms with Gasteiger partial charge in [-0.3, -0.25) is 9.48 Å². The maximum Gasteiger partial charge on any atom is 0.247 e. The van der Waals surface area contributed by atoms with Crippen molar-refractivity contribution in [1.82, 2.24) is 9.78 Å². The molecule has 5 heteroatoms. The Balaban J connectivity index is 2.41. The molecule has 0 saturated carbocycles. The van der Waals surface area contributed by atoms with Crippen LogP contribution in [0, 0.1) is 0 Å². The summed E-state index contributed by atoms with van der Waals surface area (Å²) in [6, 6.07) is -0.141. The van der Waals surface area contributed by atoms with Gasteiger partial charge in [-0.25, -0.2) is 0 Å². The van der Waals surface area contributed by atoms with Crippen molar-refractivity contribution in [3.63, 3.8) is 0 Å². The standard InChI is InChI=1S/C10H16N4O/c1-4-6-8-9(14(3)13-6)11-7(5-2)10(15)12-8/h7,11H,4-5H2,1-3H3,(H,12,15). The van der Waals surface area contributed by atoms with Gasteiger partial charge in [-0.1, -0.05) is 13.8 Å². The van der Waals surface area contributed by atoms with Crippen LogP contribution < -0.4 is 10.6 Å². The second-order valence-corrected chi connectivity index (χ2v) is 3.74. The molecule has 2 rings (SSSR count). The summed E-state index contributed by atoms with van der Waals surface area (Å²) in [6.45, 7) is 4.01. The summed E-state index contributed by atoms with van der Waals surface area (Å²) in [5, 5.41) is 10.5. The lowest BCUT2D eigenvalue weighted by molar-refractivity contribution is -0.117. The predicted molar refractivity (Wildman–Crippen MR) is 58.9 cm³/mol. The highest BCUT2D eigenvalue weighted by molar-refractivity contribution is 6.02. The third kappa shape index (κ3) is 1.48. The van der Waals surface area contributed by atoms with Gasteiger partial charge in [-0.2, -0.15) is 5.10 Å². The van der Waals surface area contributed by atoms with E-state index in [9.17, 15) is 4.79 Å². The minimum Gasteiger partial charge on any atom is -0.357 e. The smallest absolute Gasteiger partial charge is 0.247 e. The Kier molecular flexibility index (Phi) is 2.38. The van der Waals surface area contributed by atoms with E-state index in [0.717, 1.165) is 30.0 Å². The van der Waals surface area contributed by atoms with E-state index >= 15 is 0 Å². The summed E-state index contributed by atoms with van der Waals surface area (Å²) in [6.07, 6.45) is 1.60. The van der Waals surface area contributed by atoms with E-state index in [0.29, 0.717) is 0 Å². The van der Waals surface area contributed by atoms with Gasteiger partial charge in [0.25, 0.3) is 0 Å². The zero-order chi connectivity index (χ0) is 11.0. The number of amides is 1. The van der Waals surface area contributed by atoms with E-state index in [1.807, 2.05) is 20.9 Å². The molecule has 2 N–H and O–H groups in total. The van der Waals surface area contributed by atoms with Gasteiger partial charge in [0, 0.05) is 7.05 Å². The van der Waals surface area contributed by atoms with Gasteiger partial charge in [-0.15, -0.1) is 0 Å². The lowest BCUT2D eigenvalue weighted by atomic mass is 10.1. The maximum atomic E-state index is 11.7. The fourth-order valence-corrected chi connectivity index (χ4v) is 1.85. The molecule has 0 spiro atoms. The molecule has 5 nitrogen and oxygen atoms in total. The largest absolute Gasteiger partial charge is 0.357 e. The van der Waals surface area contributed by atoms with Gasteiger partial charge in [0.15, 0.2) is 0 Å². The first kappa shape index (κ1) is 10.0. The van der Waals surface area contributed by atoms with Crippen LogP contribution in [0.25, 0.3) is 0 Å². The molecule has 1 aromatic heterocycles. The molecule has 1 atom stereocenters. The van der Waals surface area contributed by atoms with Crippen LogP contribution in [-0.2, 0) is 18.3 Å². The van der Waals surface area contributed by atoms with E-state index < -0.39 is 0 Å². The zero-order valence-electron chi connectivity index (χ0n) is 9.29. The predicted octanol–water partition coefficient (Wildman–Crippen LogP) is 1.13. The van der Waals surface area contributed by atoms with Crippen LogP contribution in [0.5, 0.6) is 0 Å². The first-order valence-corrected chi connectivity index (χ1v) is 5.30. The molecular formula is C10H16N4O. The van der Waals surface area contributed by atoms with Gasteiger partial charge in [-0.05, 0) is 12.8 Å². The van der Waals surface area contributed by atoms with E-state index in [-0.39, 0.29) is 11.9 Å². The molecule has 1 aromatic rings. The molecule has 0 bridgehead atoms. The lowest BCUT2D eigenvalue weighted by Crippen LogP contribution is -2.38. The quantitative estimate of drug-likeness (QED) is 0.765. The summed E-state index contributed by atoms with van der Waals surface area (Å²) < 4.78 is 1.79. The van der Waals surface area contributed by atoms with E-state index in [4.69, 9.17) is 0 Å². The second-order valence-electron chi connectivity index (χ2n) is 3.74.